The second-order valence-electron chi connectivity index (χ2n) is 4.86. The fourth-order valence-electron chi connectivity index (χ4n) is 2.11. The predicted octanol–water partition coefficient (Wildman–Crippen LogP) is 3.65. The third kappa shape index (κ3) is 3.50. The van der Waals surface area contributed by atoms with Gasteiger partial charge in [-0.1, -0.05) is 29.8 Å². The van der Waals surface area contributed by atoms with Crippen LogP contribution in [0.2, 0.25) is 5.02 Å². The number of hydrogen-bond acceptors (Lipinski definition) is 3. The van der Waals surface area contributed by atoms with Crippen molar-refractivity contribution in [1.29, 1.82) is 0 Å². The normalized spacial score (nSPS) is 12.2. The van der Waals surface area contributed by atoms with E-state index in [0.717, 1.165) is 23.1 Å². The predicted molar refractivity (Wildman–Crippen MR) is 85.3 cm³/mol. The first-order valence-corrected chi connectivity index (χ1v) is 7.08. The Balaban J connectivity index is 2.19. The molecule has 0 radical (unpaired) electrons. The van der Waals surface area contributed by atoms with Crippen LogP contribution in [-0.2, 0) is 6.54 Å². The molecule has 0 aliphatic heterocycles. The highest BCUT2D eigenvalue weighted by molar-refractivity contribution is 6.30. The summed E-state index contributed by atoms with van der Waals surface area (Å²) in [7, 11) is 3.99. The fourth-order valence-corrected chi connectivity index (χ4v) is 2.23. The number of hydrogen-bond donors (Lipinski definition) is 1. The Morgan fingerprint density at radius 1 is 1.20 bits per heavy atom. The molecular weight excluding hydrogens is 270 g/mol. The van der Waals surface area contributed by atoms with Crippen molar-refractivity contribution < 1.29 is 0 Å². The van der Waals surface area contributed by atoms with Gasteiger partial charge >= 0.3 is 0 Å². The summed E-state index contributed by atoms with van der Waals surface area (Å²) in [5.74, 6) is 0.972. The van der Waals surface area contributed by atoms with Crippen LogP contribution >= 0.6 is 11.6 Å². The lowest BCUT2D eigenvalue weighted by Crippen LogP contribution is -2.23. The van der Waals surface area contributed by atoms with Gasteiger partial charge in [0, 0.05) is 18.6 Å². The van der Waals surface area contributed by atoms with Gasteiger partial charge in [-0.25, -0.2) is 4.98 Å². The zero-order valence-electron chi connectivity index (χ0n) is 12.1. The highest BCUT2D eigenvalue weighted by Gasteiger charge is 2.13. The summed E-state index contributed by atoms with van der Waals surface area (Å²) in [4.78, 5) is 6.83. The van der Waals surface area contributed by atoms with Gasteiger partial charge in [-0.05, 0) is 43.8 Å². The molecule has 0 bridgehead atoms. The zero-order chi connectivity index (χ0) is 14.5. The van der Waals surface area contributed by atoms with E-state index < -0.39 is 0 Å². The van der Waals surface area contributed by atoms with E-state index in [1.54, 1.807) is 0 Å². The molecule has 3 nitrogen and oxygen atoms in total. The monoisotopic (exact) mass is 289 g/mol. The first-order valence-electron chi connectivity index (χ1n) is 6.70. The van der Waals surface area contributed by atoms with Crippen LogP contribution in [0.5, 0.6) is 0 Å². The van der Waals surface area contributed by atoms with Gasteiger partial charge in [-0.3, -0.25) is 0 Å². The summed E-state index contributed by atoms with van der Waals surface area (Å²) in [5, 5.41) is 3.88. The van der Waals surface area contributed by atoms with Crippen LogP contribution in [0.15, 0.2) is 42.5 Å². The molecule has 0 aliphatic carbocycles. The van der Waals surface area contributed by atoms with Gasteiger partial charge in [0.25, 0.3) is 0 Å². The fraction of sp³-hybridized carbons (Fsp3) is 0.312. The summed E-state index contributed by atoms with van der Waals surface area (Å²) in [5.41, 5.74) is 2.26. The Bertz CT molecular complexity index is 554. The molecule has 1 unspecified atom stereocenters. The van der Waals surface area contributed by atoms with E-state index in [-0.39, 0.29) is 6.04 Å². The van der Waals surface area contributed by atoms with Crippen molar-refractivity contribution >= 4 is 17.4 Å². The molecule has 106 valence electrons. The van der Waals surface area contributed by atoms with Gasteiger partial charge in [-0.2, -0.15) is 0 Å². The van der Waals surface area contributed by atoms with Gasteiger partial charge in [0.15, 0.2) is 0 Å². The van der Waals surface area contributed by atoms with E-state index in [4.69, 9.17) is 11.6 Å². The summed E-state index contributed by atoms with van der Waals surface area (Å²) >= 11 is 5.94. The molecule has 0 fully saturated rings. The highest BCUT2D eigenvalue weighted by atomic mass is 35.5. The van der Waals surface area contributed by atoms with Crippen molar-refractivity contribution in [3.05, 3.63) is 58.7 Å². The molecule has 0 saturated heterocycles. The number of anilines is 1. The van der Waals surface area contributed by atoms with Crippen LogP contribution < -0.4 is 10.2 Å². The van der Waals surface area contributed by atoms with E-state index in [1.807, 2.05) is 37.4 Å². The first-order chi connectivity index (χ1) is 9.61. The Morgan fingerprint density at radius 3 is 2.55 bits per heavy atom. The minimum atomic E-state index is 0.240. The van der Waals surface area contributed by atoms with Crippen LogP contribution in [0.1, 0.15) is 24.2 Å². The lowest BCUT2D eigenvalue weighted by Gasteiger charge is -2.26. The highest BCUT2D eigenvalue weighted by Crippen LogP contribution is 2.24. The molecule has 0 saturated carbocycles. The minimum absolute atomic E-state index is 0.240. The Kier molecular flexibility index (Phi) is 4.99. The first kappa shape index (κ1) is 14.8. The standard InChI is InChI=1S/C16H20ClN3/c1-12(13-7-9-14(17)10-8-13)20(3)16-6-4-5-15(19-16)11-18-2/h4-10,12,18H,11H2,1-3H3. The van der Waals surface area contributed by atoms with Gasteiger partial charge < -0.3 is 10.2 Å². The van der Waals surface area contributed by atoms with Crippen LogP contribution in [0.4, 0.5) is 5.82 Å². The quantitative estimate of drug-likeness (QED) is 0.911. The van der Waals surface area contributed by atoms with E-state index in [2.05, 4.69) is 41.3 Å². The van der Waals surface area contributed by atoms with Crippen LogP contribution in [0.25, 0.3) is 0 Å². The maximum atomic E-state index is 5.94. The second kappa shape index (κ2) is 6.73. The number of pyridine rings is 1. The van der Waals surface area contributed by atoms with Gasteiger partial charge in [0.1, 0.15) is 5.82 Å². The SMILES string of the molecule is CNCc1cccc(N(C)C(C)c2ccc(Cl)cc2)n1. The number of nitrogens with zero attached hydrogens (tertiary/aromatic N) is 2. The van der Waals surface area contributed by atoms with Crippen LogP contribution in [-0.4, -0.2) is 19.1 Å². The molecule has 1 N–H and O–H groups in total. The second-order valence-corrected chi connectivity index (χ2v) is 5.29. The van der Waals surface area contributed by atoms with Crippen molar-refractivity contribution in [2.75, 3.05) is 19.0 Å². The van der Waals surface area contributed by atoms with Crippen molar-refractivity contribution in [2.45, 2.75) is 19.5 Å². The van der Waals surface area contributed by atoms with Crippen LogP contribution in [0.3, 0.4) is 0 Å². The van der Waals surface area contributed by atoms with E-state index in [0.29, 0.717) is 0 Å². The Labute approximate surface area is 125 Å². The molecule has 2 rings (SSSR count). The smallest absolute Gasteiger partial charge is 0.129 e. The molecule has 20 heavy (non-hydrogen) atoms. The number of benzene rings is 1. The topological polar surface area (TPSA) is 28.2 Å². The lowest BCUT2D eigenvalue weighted by atomic mass is 10.1. The summed E-state index contributed by atoms with van der Waals surface area (Å²) in [6.45, 7) is 2.94. The molecule has 0 amide bonds. The molecule has 4 heteroatoms. The molecule has 2 aromatic rings. The third-order valence-electron chi connectivity index (χ3n) is 3.44. The van der Waals surface area contributed by atoms with Crippen molar-refractivity contribution in [1.82, 2.24) is 10.3 Å². The zero-order valence-corrected chi connectivity index (χ0v) is 12.9. The molecule has 1 atom stereocenters. The maximum Gasteiger partial charge on any atom is 0.129 e. The average molecular weight is 290 g/mol. The van der Waals surface area contributed by atoms with E-state index in [1.165, 1.54) is 5.56 Å². The average Bonchev–Trinajstić information content (AvgIpc) is 2.47. The van der Waals surface area contributed by atoms with Gasteiger partial charge in [-0.15, -0.1) is 0 Å². The molecule has 0 aliphatic rings. The van der Waals surface area contributed by atoms with Crippen LogP contribution in [0, 0.1) is 0 Å². The number of halogens is 1. The summed E-state index contributed by atoms with van der Waals surface area (Å²) < 4.78 is 0. The summed E-state index contributed by atoms with van der Waals surface area (Å²) in [6.07, 6.45) is 0. The lowest BCUT2D eigenvalue weighted by molar-refractivity contribution is 0.719. The Morgan fingerprint density at radius 2 is 1.90 bits per heavy atom. The number of aromatic nitrogens is 1. The summed E-state index contributed by atoms with van der Waals surface area (Å²) in [6, 6.07) is 14.3. The third-order valence-corrected chi connectivity index (χ3v) is 3.70. The minimum Gasteiger partial charge on any atom is -0.353 e. The Hall–Kier alpha value is -1.58. The van der Waals surface area contributed by atoms with Crippen molar-refractivity contribution in [3.63, 3.8) is 0 Å². The van der Waals surface area contributed by atoms with Gasteiger partial charge in [0.05, 0.1) is 11.7 Å². The van der Waals surface area contributed by atoms with E-state index >= 15 is 0 Å². The molecule has 1 aromatic heterocycles. The largest absolute Gasteiger partial charge is 0.353 e. The van der Waals surface area contributed by atoms with E-state index in [9.17, 15) is 0 Å². The van der Waals surface area contributed by atoms with Gasteiger partial charge in [0.2, 0.25) is 0 Å². The number of rotatable bonds is 5. The molecule has 1 aromatic carbocycles. The van der Waals surface area contributed by atoms with Crippen molar-refractivity contribution in [3.8, 4) is 0 Å². The molecule has 0 spiro atoms. The number of nitrogens with one attached hydrogen (secondary N) is 1. The molecule has 1 heterocycles. The van der Waals surface area contributed by atoms with Crippen molar-refractivity contribution in [2.24, 2.45) is 0 Å². The molecular formula is C16H20ClN3. The maximum absolute atomic E-state index is 5.94.